The predicted octanol–water partition coefficient (Wildman–Crippen LogP) is 4.92. The topological polar surface area (TPSA) is 73.7 Å². The minimum atomic E-state index is -0.808. The van der Waals surface area contributed by atoms with Crippen molar-refractivity contribution in [2.24, 2.45) is 0 Å². The molecule has 4 aromatic rings. The molecule has 0 saturated heterocycles. The second-order valence-corrected chi connectivity index (χ2v) is 8.75. The third-order valence-corrected chi connectivity index (χ3v) is 6.06. The van der Waals surface area contributed by atoms with Crippen molar-refractivity contribution in [2.75, 3.05) is 20.7 Å². The standard InChI is InChI=1S/C27H23F2N3O4/c1-15-30-25-20(32(15)27(34)16-7-5-4-6-8-16)11-17(26(33)31(2)3)12-23(25)36-21-9-10-35-22-14-18(28)13-19(29)24(21)22/h4-8,11-14,21H,9-10H2,1-3H3/t21-/m0/s1. The Morgan fingerprint density at radius 3 is 2.56 bits per heavy atom. The number of carbonyl (C=O) groups is 2. The Morgan fingerprint density at radius 2 is 1.83 bits per heavy atom. The van der Waals surface area contributed by atoms with Crippen molar-refractivity contribution in [3.63, 3.8) is 0 Å². The molecule has 0 N–H and O–H groups in total. The molecule has 1 amide bonds. The van der Waals surface area contributed by atoms with Crippen LogP contribution in [0.2, 0.25) is 0 Å². The normalized spacial score (nSPS) is 14.8. The van der Waals surface area contributed by atoms with Crippen LogP contribution in [0, 0.1) is 18.6 Å². The number of nitrogens with zero attached hydrogens (tertiary/aromatic N) is 3. The van der Waals surface area contributed by atoms with Gasteiger partial charge in [-0.3, -0.25) is 14.2 Å². The number of imidazole rings is 1. The molecule has 184 valence electrons. The monoisotopic (exact) mass is 491 g/mol. The molecule has 7 nitrogen and oxygen atoms in total. The molecule has 0 aliphatic carbocycles. The average Bonchev–Trinajstić information content (AvgIpc) is 3.19. The van der Waals surface area contributed by atoms with Crippen molar-refractivity contribution >= 4 is 22.8 Å². The maximum Gasteiger partial charge on any atom is 0.263 e. The van der Waals surface area contributed by atoms with Gasteiger partial charge in [-0.2, -0.15) is 0 Å². The lowest BCUT2D eigenvalue weighted by molar-refractivity contribution is 0.0825. The molecule has 1 aliphatic heterocycles. The highest BCUT2D eigenvalue weighted by Gasteiger charge is 2.30. The summed E-state index contributed by atoms with van der Waals surface area (Å²) in [6.07, 6.45) is -0.511. The summed E-state index contributed by atoms with van der Waals surface area (Å²) in [5.74, 6) is -1.47. The summed E-state index contributed by atoms with van der Waals surface area (Å²) >= 11 is 0. The van der Waals surface area contributed by atoms with Gasteiger partial charge in [0.2, 0.25) is 0 Å². The van der Waals surface area contributed by atoms with E-state index in [1.807, 2.05) is 6.07 Å². The van der Waals surface area contributed by atoms with E-state index < -0.39 is 17.7 Å². The van der Waals surface area contributed by atoms with Crippen molar-refractivity contribution in [3.05, 3.63) is 88.7 Å². The van der Waals surface area contributed by atoms with E-state index in [2.05, 4.69) is 4.98 Å². The van der Waals surface area contributed by atoms with Crippen LogP contribution in [0.4, 0.5) is 8.78 Å². The first-order valence-electron chi connectivity index (χ1n) is 11.4. The van der Waals surface area contributed by atoms with Crippen molar-refractivity contribution in [1.29, 1.82) is 0 Å². The molecule has 0 unspecified atom stereocenters. The second kappa shape index (κ2) is 9.07. The van der Waals surface area contributed by atoms with Gasteiger partial charge in [0, 0.05) is 43.8 Å². The molecule has 1 atom stereocenters. The Hall–Kier alpha value is -4.27. The molecule has 5 rings (SSSR count). The van der Waals surface area contributed by atoms with E-state index in [1.54, 1.807) is 51.4 Å². The predicted molar refractivity (Wildman–Crippen MR) is 128 cm³/mol. The number of rotatable bonds is 4. The number of fused-ring (bicyclic) bond motifs is 2. The van der Waals surface area contributed by atoms with Gasteiger partial charge in [0.15, 0.2) is 0 Å². The highest BCUT2D eigenvalue weighted by Crippen LogP contribution is 2.40. The zero-order valence-corrected chi connectivity index (χ0v) is 19.9. The molecular formula is C27H23F2N3O4. The molecule has 9 heteroatoms. The number of amides is 1. The fourth-order valence-electron chi connectivity index (χ4n) is 4.38. The van der Waals surface area contributed by atoms with Crippen LogP contribution in [-0.4, -0.2) is 47.0 Å². The number of hydrogen-bond acceptors (Lipinski definition) is 5. The molecule has 3 aromatic carbocycles. The van der Waals surface area contributed by atoms with Crippen molar-refractivity contribution < 1.29 is 27.8 Å². The number of hydrogen-bond donors (Lipinski definition) is 0. The first-order chi connectivity index (χ1) is 17.2. The molecule has 1 aromatic heterocycles. The zero-order valence-electron chi connectivity index (χ0n) is 19.9. The molecular weight excluding hydrogens is 468 g/mol. The average molecular weight is 491 g/mol. The van der Waals surface area contributed by atoms with Gasteiger partial charge >= 0.3 is 0 Å². The van der Waals surface area contributed by atoms with Gasteiger partial charge in [-0.25, -0.2) is 13.8 Å². The summed E-state index contributed by atoms with van der Waals surface area (Å²) in [5.41, 5.74) is 1.56. The van der Waals surface area contributed by atoms with Crippen LogP contribution in [0.3, 0.4) is 0 Å². The minimum Gasteiger partial charge on any atom is -0.493 e. The van der Waals surface area contributed by atoms with Crippen LogP contribution in [0.5, 0.6) is 11.5 Å². The summed E-state index contributed by atoms with van der Waals surface area (Å²) in [7, 11) is 3.23. The van der Waals surface area contributed by atoms with E-state index in [0.717, 1.165) is 12.1 Å². The Morgan fingerprint density at radius 1 is 1.08 bits per heavy atom. The van der Waals surface area contributed by atoms with Gasteiger partial charge in [-0.05, 0) is 31.2 Å². The van der Waals surface area contributed by atoms with E-state index in [9.17, 15) is 18.4 Å². The maximum atomic E-state index is 14.7. The summed E-state index contributed by atoms with van der Waals surface area (Å²) in [4.78, 5) is 32.3. The Kier molecular flexibility index (Phi) is 5.91. The summed E-state index contributed by atoms with van der Waals surface area (Å²) in [6.45, 7) is 1.88. The van der Waals surface area contributed by atoms with Gasteiger partial charge in [0.05, 0.1) is 17.7 Å². The molecule has 1 aliphatic rings. The van der Waals surface area contributed by atoms with E-state index in [1.165, 1.54) is 15.5 Å². The van der Waals surface area contributed by atoms with Gasteiger partial charge in [-0.1, -0.05) is 18.2 Å². The maximum absolute atomic E-state index is 14.7. The highest BCUT2D eigenvalue weighted by atomic mass is 19.1. The molecule has 36 heavy (non-hydrogen) atoms. The lowest BCUT2D eigenvalue weighted by atomic mass is 10.0. The Bertz CT molecular complexity index is 1500. The van der Waals surface area contributed by atoms with Gasteiger partial charge in [0.1, 0.15) is 40.6 Å². The van der Waals surface area contributed by atoms with Crippen LogP contribution >= 0.6 is 0 Å². The van der Waals surface area contributed by atoms with E-state index in [-0.39, 0.29) is 41.0 Å². The number of benzene rings is 3. The van der Waals surface area contributed by atoms with Crippen molar-refractivity contribution in [1.82, 2.24) is 14.5 Å². The zero-order chi connectivity index (χ0) is 25.6. The Labute approximate surface area is 205 Å². The van der Waals surface area contributed by atoms with Crippen molar-refractivity contribution in [2.45, 2.75) is 19.4 Å². The first kappa shape index (κ1) is 23.5. The Balaban J connectivity index is 1.67. The second-order valence-electron chi connectivity index (χ2n) is 8.75. The summed E-state index contributed by atoms with van der Waals surface area (Å²) in [6, 6.07) is 13.8. The van der Waals surface area contributed by atoms with Crippen LogP contribution in [0.25, 0.3) is 11.0 Å². The fourth-order valence-corrected chi connectivity index (χ4v) is 4.38. The van der Waals surface area contributed by atoms with Crippen LogP contribution in [-0.2, 0) is 0 Å². The number of halogens is 2. The van der Waals surface area contributed by atoms with Gasteiger partial charge in [0.25, 0.3) is 11.8 Å². The summed E-state index contributed by atoms with van der Waals surface area (Å²) in [5, 5.41) is 0. The lowest BCUT2D eigenvalue weighted by Crippen LogP contribution is -2.23. The van der Waals surface area contributed by atoms with Crippen LogP contribution in [0.15, 0.2) is 54.6 Å². The van der Waals surface area contributed by atoms with Gasteiger partial charge in [-0.15, -0.1) is 0 Å². The molecule has 2 heterocycles. The quantitative estimate of drug-likeness (QED) is 0.405. The molecule has 0 radical (unpaired) electrons. The summed E-state index contributed by atoms with van der Waals surface area (Å²) < 4.78 is 41.6. The SMILES string of the molecule is Cc1nc2c(O[C@H]3CCOc4cc(F)cc(F)c43)cc(C(=O)N(C)C)cc2n1C(=O)c1ccccc1. The molecule has 0 spiro atoms. The first-order valence-corrected chi connectivity index (χ1v) is 11.4. The number of carbonyl (C=O) groups excluding carboxylic acids is 2. The lowest BCUT2D eigenvalue weighted by Gasteiger charge is -2.27. The van der Waals surface area contributed by atoms with Crippen LogP contribution < -0.4 is 9.47 Å². The number of ether oxygens (including phenoxy) is 2. The number of aromatic nitrogens is 2. The highest BCUT2D eigenvalue weighted by molar-refractivity contribution is 6.05. The smallest absolute Gasteiger partial charge is 0.263 e. The molecule has 0 fully saturated rings. The molecule has 0 saturated carbocycles. The fraction of sp³-hybridized carbons (Fsp3) is 0.222. The number of aryl methyl sites for hydroxylation is 1. The van der Waals surface area contributed by atoms with E-state index in [0.29, 0.717) is 28.8 Å². The van der Waals surface area contributed by atoms with Crippen LogP contribution in [0.1, 0.15) is 44.6 Å². The largest absolute Gasteiger partial charge is 0.493 e. The van der Waals surface area contributed by atoms with Gasteiger partial charge < -0.3 is 14.4 Å². The van der Waals surface area contributed by atoms with E-state index in [4.69, 9.17) is 9.47 Å². The minimum absolute atomic E-state index is 0.0708. The molecule has 0 bridgehead atoms. The third-order valence-electron chi connectivity index (χ3n) is 6.06. The third kappa shape index (κ3) is 4.06. The van der Waals surface area contributed by atoms with Crippen molar-refractivity contribution in [3.8, 4) is 11.5 Å². The van der Waals surface area contributed by atoms with E-state index >= 15 is 0 Å².